The first-order valence-electron chi connectivity index (χ1n) is 6.95. The maximum Gasteiger partial charge on any atom is 0.211 e. The Morgan fingerprint density at radius 2 is 2.35 bits per heavy atom. The van der Waals surface area contributed by atoms with Gasteiger partial charge in [-0.15, -0.1) is 11.3 Å². The molecule has 0 saturated carbocycles. The number of thiophene rings is 1. The summed E-state index contributed by atoms with van der Waals surface area (Å²) in [6.07, 6.45) is 4.19. The molecule has 1 aromatic heterocycles. The van der Waals surface area contributed by atoms with Gasteiger partial charge >= 0.3 is 0 Å². The average Bonchev–Trinajstić information content (AvgIpc) is 2.91. The molecular formula is C16H18N2OS. The first-order chi connectivity index (χ1) is 9.81. The van der Waals surface area contributed by atoms with Crippen LogP contribution in [-0.2, 0) is 4.79 Å². The van der Waals surface area contributed by atoms with E-state index in [0.29, 0.717) is 0 Å². The molecule has 1 amide bonds. The number of amides is 1. The molecule has 3 nitrogen and oxygen atoms in total. The van der Waals surface area contributed by atoms with Crippen molar-refractivity contribution < 1.29 is 4.79 Å². The van der Waals surface area contributed by atoms with Gasteiger partial charge in [0.1, 0.15) is 0 Å². The van der Waals surface area contributed by atoms with Crippen molar-refractivity contribution in [1.82, 2.24) is 4.90 Å². The minimum atomic E-state index is 0.721. The number of likely N-dealkylation sites (N-methyl/N-ethyl adjacent to an activating group) is 1. The van der Waals surface area contributed by atoms with Crippen LogP contribution in [0.25, 0.3) is 15.7 Å². The molecule has 1 aliphatic rings. The molecule has 1 aliphatic heterocycles. The number of benzene rings is 1. The van der Waals surface area contributed by atoms with Crippen molar-refractivity contribution in [2.24, 2.45) is 0 Å². The molecule has 0 aliphatic carbocycles. The van der Waals surface area contributed by atoms with Crippen molar-refractivity contribution >= 4 is 39.1 Å². The SMILES string of the molecule is CCN1CC=C(c2csc3cc(NC=O)ccc23)CC1. The minimum Gasteiger partial charge on any atom is -0.329 e. The quantitative estimate of drug-likeness (QED) is 0.871. The number of nitrogens with one attached hydrogen (secondary N) is 1. The molecule has 0 spiro atoms. The van der Waals surface area contributed by atoms with Crippen LogP contribution in [0.1, 0.15) is 18.9 Å². The zero-order valence-electron chi connectivity index (χ0n) is 11.6. The van der Waals surface area contributed by atoms with Crippen LogP contribution in [0.5, 0.6) is 0 Å². The Kier molecular flexibility index (Phi) is 3.85. The van der Waals surface area contributed by atoms with E-state index in [9.17, 15) is 4.79 Å². The summed E-state index contributed by atoms with van der Waals surface area (Å²) in [7, 11) is 0. The maximum absolute atomic E-state index is 10.5. The van der Waals surface area contributed by atoms with Gasteiger partial charge in [-0.1, -0.05) is 19.1 Å². The molecule has 0 bridgehead atoms. The highest BCUT2D eigenvalue weighted by atomic mass is 32.1. The van der Waals surface area contributed by atoms with Crippen LogP contribution in [0.4, 0.5) is 5.69 Å². The Morgan fingerprint density at radius 3 is 3.05 bits per heavy atom. The predicted molar refractivity (Wildman–Crippen MR) is 86.2 cm³/mol. The molecule has 4 heteroatoms. The first kappa shape index (κ1) is 13.3. The van der Waals surface area contributed by atoms with Gasteiger partial charge in [0.2, 0.25) is 6.41 Å². The fourth-order valence-corrected chi connectivity index (χ4v) is 3.70. The third-order valence-electron chi connectivity index (χ3n) is 3.89. The van der Waals surface area contributed by atoms with Crippen LogP contribution in [0, 0.1) is 0 Å². The van der Waals surface area contributed by atoms with Crippen molar-refractivity contribution in [2.45, 2.75) is 13.3 Å². The molecule has 0 unspecified atom stereocenters. The number of hydrogen-bond acceptors (Lipinski definition) is 3. The lowest BCUT2D eigenvalue weighted by molar-refractivity contribution is -0.105. The van der Waals surface area contributed by atoms with Gasteiger partial charge in [-0.25, -0.2) is 0 Å². The van der Waals surface area contributed by atoms with E-state index >= 15 is 0 Å². The van der Waals surface area contributed by atoms with E-state index in [1.807, 2.05) is 12.1 Å². The van der Waals surface area contributed by atoms with Gasteiger partial charge in [-0.05, 0) is 41.6 Å². The highest BCUT2D eigenvalue weighted by molar-refractivity contribution is 7.17. The molecule has 0 atom stereocenters. The predicted octanol–water partition coefficient (Wildman–Crippen LogP) is 3.58. The van der Waals surface area contributed by atoms with Crippen LogP contribution in [0.2, 0.25) is 0 Å². The van der Waals surface area contributed by atoms with Gasteiger partial charge in [0.25, 0.3) is 0 Å². The Bertz CT molecular complexity index is 660. The number of nitrogens with zero attached hydrogens (tertiary/aromatic N) is 1. The summed E-state index contributed by atoms with van der Waals surface area (Å²) >= 11 is 1.74. The number of anilines is 1. The number of fused-ring (bicyclic) bond motifs is 1. The third-order valence-corrected chi connectivity index (χ3v) is 4.83. The molecular weight excluding hydrogens is 268 g/mol. The Labute approximate surface area is 122 Å². The van der Waals surface area contributed by atoms with E-state index in [1.54, 1.807) is 11.3 Å². The number of hydrogen-bond donors (Lipinski definition) is 1. The van der Waals surface area contributed by atoms with Gasteiger partial charge in [0.05, 0.1) is 0 Å². The van der Waals surface area contributed by atoms with E-state index in [2.05, 4.69) is 34.7 Å². The van der Waals surface area contributed by atoms with Gasteiger partial charge in [0, 0.05) is 28.9 Å². The van der Waals surface area contributed by atoms with Crippen molar-refractivity contribution in [3.05, 3.63) is 35.2 Å². The summed E-state index contributed by atoms with van der Waals surface area (Å²) in [5.41, 5.74) is 3.67. The van der Waals surface area contributed by atoms with Crippen molar-refractivity contribution in [2.75, 3.05) is 25.0 Å². The van der Waals surface area contributed by atoms with E-state index in [1.165, 1.54) is 21.2 Å². The zero-order valence-corrected chi connectivity index (χ0v) is 12.4. The van der Waals surface area contributed by atoms with E-state index in [-0.39, 0.29) is 0 Å². The summed E-state index contributed by atoms with van der Waals surface area (Å²) in [5, 5.41) is 6.24. The van der Waals surface area contributed by atoms with E-state index < -0.39 is 0 Å². The summed E-state index contributed by atoms with van der Waals surface area (Å²) in [4.78, 5) is 12.9. The highest BCUT2D eigenvalue weighted by Gasteiger charge is 2.14. The third kappa shape index (κ3) is 2.49. The molecule has 104 valence electrons. The van der Waals surface area contributed by atoms with Gasteiger partial charge in [-0.2, -0.15) is 0 Å². The molecule has 0 saturated heterocycles. The van der Waals surface area contributed by atoms with E-state index in [0.717, 1.165) is 38.2 Å². The molecule has 2 heterocycles. The topological polar surface area (TPSA) is 32.3 Å². The lowest BCUT2D eigenvalue weighted by Gasteiger charge is -2.24. The van der Waals surface area contributed by atoms with Gasteiger partial charge in [-0.3, -0.25) is 9.69 Å². The molecule has 0 fully saturated rings. The Hall–Kier alpha value is -1.65. The average molecular weight is 286 g/mol. The molecule has 20 heavy (non-hydrogen) atoms. The summed E-state index contributed by atoms with van der Waals surface area (Å²) in [5.74, 6) is 0. The van der Waals surface area contributed by atoms with Crippen LogP contribution in [-0.4, -0.2) is 30.9 Å². The maximum atomic E-state index is 10.5. The largest absolute Gasteiger partial charge is 0.329 e. The van der Waals surface area contributed by atoms with Gasteiger partial charge < -0.3 is 5.32 Å². The van der Waals surface area contributed by atoms with Crippen LogP contribution < -0.4 is 5.32 Å². The second-order valence-corrected chi connectivity index (χ2v) is 5.91. The first-order valence-corrected chi connectivity index (χ1v) is 7.83. The normalized spacial score (nSPS) is 16.1. The second kappa shape index (κ2) is 5.77. The minimum absolute atomic E-state index is 0.721. The fourth-order valence-electron chi connectivity index (χ4n) is 2.68. The number of carbonyl (C=O) groups is 1. The smallest absolute Gasteiger partial charge is 0.211 e. The molecule has 3 rings (SSSR count). The van der Waals surface area contributed by atoms with Crippen molar-refractivity contribution in [1.29, 1.82) is 0 Å². The summed E-state index contributed by atoms with van der Waals surface area (Å²) < 4.78 is 1.23. The molecule has 1 N–H and O–H groups in total. The second-order valence-electron chi connectivity index (χ2n) is 5.00. The Morgan fingerprint density at radius 1 is 1.45 bits per heavy atom. The molecule has 0 radical (unpaired) electrons. The van der Waals surface area contributed by atoms with Crippen LogP contribution >= 0.6 is 11.3 Å². The highest BCUT2D eigenvalue weighted by Crippen LogP contribution is 2.35. The zero-order chi connectivity index (χ0) is 13.9. The lowest BCUT2D eigenvalue weighted by atomic mass is 9.99. The molecule has 2 aromatic rings. The summed E-state index contributed by atoms with van der Waals surface area (Å²) in [6.45, 7) is 5.52. The van der Waals surface area contributed by atoms with Crippen LogP contribution in [0.3, 0.4) is 0 Å². The van der Waals surface area contributed by atoms with E-state index in [4.69, 9.17) is 0 Å². The monoisotopic (exact) mass is 286 g/mol. The van der Waals surface area contributed by atoms with Crippen LogP contribution in [0.15, 0.2) is 29.7 Å². The molecule has 1 aromatic carbocycles. The van der Waals surface area contributed by atoms with Gasteiger partial charge in [0.15, 0.2) is 0 Å². The number of carbonyl (C=O) groups excluding carboxylic acids is 1. The number of rotatable bonds is 4. The van der Waals surface area contributed by atoms with Crippen molar-refractivity contribution in [3.63, 3.8) is 0 Å². The summed E-state index contributed by atoms with van der Waals surface area (Å²) in [6, 6.07) is 6.12. The standard InChI is InChI=1S/C16H18N2OS/c1-2-18-7-5-12(6-8-18)15-10-20-16-9-13(17-11-19)3-4-14(15)16/h3-5,9-11H,2,6-8H2,1H3,(H,17,19). The lowest BCUT2D eigenvalue weighted by Crippen LogP contribution is -2.27. The van der Waals surface area contributed by atoms with Crippen molar-refractivity contribution in [3.8, 4) is 0 Å². The fraction of sp³-hybridized carbons (Fsp3) is 0.312. The Balaban J connectivity index is 1.93.